The molecule has 0 spiro atoms. The highest BCUT2D eigenvalue weighted by atomic mass is 16.5. The quantitative estimate of drug-likeness (QED) is 0.612. The molecule has 7 heteroatoms. The second-order valence-corrected chi connectivity index (χ2v) is 8.56. The van der Waals surface area contributed by atoms with Gasteiger partial charge in [0.1, 0.15) is 35.6 Å². The van der Waals surface area contributed by atoms with Crippen molar-refractivity contribution in [1.29, 1.82) is 0 Å². The van der Waals surface area contributed by atoms with Crippen molar-refractivity contribution in [3.8, 4) is 11.5 Å². The van der Waals surface area contributed by atoms with Crippen LogP contribution in [0.25, 0.3) is 6.08 Å². The van der Waals surface area contributed by atoms with Crippen LogP contribution in [0.3, 0.4) is 0 Å². The van der Waals surface area contributed by atoms with Crippen molar-refractivity contribution in [2.75, 3.05) is 20.3 Å². The topological polar surface area (TPSA) is 94.1 Å². The van der Waals surface area contributed by atoms with E-state index in [1.807, 2.05) is 32.9 Å². The molecule has 0 fully saturated rings. The summed E-state index contributed by atoms with van der Waals surface area (Å²) >= 11 is 0. The van der Waals surface area contributed by atoms with Gasteiger partial charge in [0.2, 0.25) is 0 Å². The largest absolute Gasteiger partial charge is 0.497 e. The number of nitrogens with one attached hydrogen (secondary N) is 1. The van der Waals surface area contributed by atoms with Gasteiger partial charge >= 0.3 is 5.97 Å². The maximum atomic E-state index is 13.1. The van der Waals surface area contributed by atoms with Crippen LogP contribution in [0, 0.1) is 0 Å². The standard InChI is InChI=1S/C25H37NO6/c1-17(2)26-15-21(28)16-31-23-14-22(30-4)13-19-10-6-5-7-11-20(27)12-8-9-18(3)32-25(29)24(19)23/h6,10,13-14,17-18,21,26,28H,5,7-9,11-12,15-16H2,1-4H3/t18-,21+/m0/s1. The molecule has 0 saturated carbocycles. The lowest BCUT2D eigenvalue weighted by atomic mass is 10.0. The molecule has 0 aromatic heterocycles. The molecule has 0 radical (unpaired) electrons. The van der Waals surface area contributed by atoms with E-state index in [2.05, 4.69) is 5.32 Å². The van der Waals surface area contributed by atoms with Crippen molar-refractivity contribution in [1.82, 2.24) is 5.32 Å². The second kappa shape index (κ2) is 13.2. The van der Waals surface area contributed by atoms with Crippen LogP contribution < -0.4 is 14.8 Å². The summed E-state index contributed by atoms with van der Waals surface area (Å²) in [5.41, 5.74) is 0.931. The zero-order valence-corrected chi connectivity index (χ0v) is 19.7. The van der Waals surface area contributed by atoms with Crippen molar-refractivity contribution in [3.05, 3.63) is 29.3 Å². The fourth-order valence-electron chi connectivity index (χ4n) is 3.45. The molecule has 1 heterocycles. The van der Waals surface area contributed by atoms with E-state index in [1.54, 1.807) is 19.2 Å². The van der Waals surface area contributed by atoms with E-state index >= 15 is 0 Å². The summed E-state index contributed by atoms with van der Waals surface area (Å²) in [4.78, 5) is 25.1. The van der Waals surface area contributed by atoms with E-state index in [0.717, 1.165) is 12.8 Å². The Hall–Kier alpha value is -2.38. The van der Waals surface area contributed by atoms with Crippen LogP contribution in [0.15, 0.2) is 18.2 Å². The number of rotatable bonds is 7. The summed E-state index contributed by atoms with van der Waals surface area (Å²) in [6.07, 6.45) is 6.59. The number of esters is 1. The number of hydrogen-bond acceptors (Lipinski definition) is 7. The van der Waals surface area contributed by atoms with Gasteiger partial charge in [-0.3, -0.25) is 4.79 Å². The Bertz CT molecular complexity index is 789. The van der Waals surface area contributed by atoms with Crippen molar-refractivity contribution in [2.45, 2.75) is 77.5 Å². The molecular weight excluding hydrogens is 410 g/mol. The highest BCUT2D eigenvalue weighted by molar-refractivity contribution is 5.97. The molecule has 1 aliphatic rings. The second-order valence-electron chi connectivity index (χ2n) is 8.56. The summed E-state index contributed by atoms with van der Waals surface area (Å²) in [5, 5.41) is 13.4. The summed E-state index contributed by atoms with van der Waals surface area (Å²) in [6, 6.07) is 3.65. The number of hydrogen-bond donors (Lipinski definition) is 2. The maximum Gasteiger partial charge on any atom is 0.342 e. The summed E-state index contributed by atoms with van der Waals surface area (Å²) in [7, 11) is 1.55. The van der Waals surface area contributed by atoms with Crippen LogP contribution in [0.2, 0.25) is 0 Å². The number of methoxy groups -OCH3 is 1. The Morgan fingerprint density at radius 1 is 1.22 bits per heavy atom. The molecule has 1 aliphatic heterocycles. The Morgan fingerprint density at radius 2 is 1.97 bits per heavy atom. The van der Waals surface area contributed by atoms with Gasteiger partial charge in [0.05, 0.1) is 13.2 Å². The van der Waals surface area contributed by atoms with Gasteiger partial charge in [0.15, 0.2) is 0 Å². The molecule has 0 aliphatic carbocycles. The lowest BCUT2D eigenvalue weighted by Gasteiger charge is -2.20. The fraction of sp³-hybridized carbons (Fsp3) is 0.600. The van der Waals surface area contributed by atoms with Gasteiger partial charge in [-0.25, -0.2) is 4.79 Å². The first-order chi connectivity index (χ1) is 15.3. The molecule has 0 saturated heterocycles. The van der Waals surface area contributed by atoms with Crippen LogP contribution in [0.4, 0.5) is 0 Å². The molecule has 2 rings (SSSR count). The molecule has 7 nitrogen and oxygen atoms in total. The molecule has 0 amide bonds. The molecule has 0 bridgehead atoms. The first-order valence-electron chi connectivity index (χ1n) is 11.5. The molecule has 2 N–H and O–H groups in total. The highest BCUT2D eigenvalue weighted by Crippen LogP contribution is 2.32. The average Bonchev–Trinajstić information content (AvgIpc) is 2.74. The molecule has 178 valence electrons. The van der Waals surface area contributed by atoms with E-state index in [4.69, 9.17) is 14.2 Å². The summed E-state index contributed by atoms with van der Waals surface area (Å²) in [6.45, 7) is 6.23. The molecule has 1 aromatic carbocycles. The number of carbonyl (C=O) groups is 2. The van der Waals surface area contributed by atoms with Crippen LogP contribution in [0.1, 0.15) is 75.2 Å². The third-order valence-corrected chi connectivity index (χ3v) is 5.24. The molecule has 0 unspecified atom stereocenters. The minimum absolute atomic E-state index is 0.0218. The summed E-state index contributed by atoms with van der Waals surface area (Å²) < 4.78 is 17.0. The van der Waals surface area contributed by atoms with Gasteiger partial charge in [-0.2, -0.15) is 0 Å². The number of Topliss-reactive ketones (excluding diaryl/α,β-unsaturated/α-hetero) is 1. The predicted octanol–water partition coefficient (Wildman–Crippen LogP) is 3.91. The number of carbonyl (C=O) groups excluding carboxylic acids is 2. The zero-order chi connectivity index (χ0) is 23.5. The SMILES string of the molecule is COc1cc2c(c(OC[C@H](O)CNC(C)C)c1)C(=O)O[C@@H](C)CCCC(=O)CCCC=C2. The molecule has 32 heavy (non-hydrogen) atoms. The average molecular weight is 448 g/mol. The summed E-state index contributed by atoms with van der Waals surface area (Å²) in [5.74, 6) is 0.604. The molecule has 1 aromatic rings. The normalized spacial score (nSPS) is 19.1. The van der Waals surface area contributed by atoms with Crippen LogP contribution >= 0.6 is 0 Å². The van der Waals surface area contributed by atoms with E-state index in [0.29, 0.717) is 54.9 Å². The minimum Gasteiger partial charge on any atom is -0.497 e. The first kappa shape index (κ1) is 25.9. The van der Waals surface area contributed by atoms with E-state index in [1.165, 1.54) is 0 Å². The Kier molecular flexibility index (Phi) is 10.7. The molecular formula is C25H37NO6. The monoisotopic (exact) mass is 447 g/mol. The van der Waals surface area contributed by atoms with Crippen LogP contribution in [-0.4, -0.2) is 55.4 Å². The van der Waals surface area contributed by atoms with Gasteiger partial charge in [0.25, 0.3) is 0 Å². The third kappa shape index (κ3) is 8.63. The predicted molar refractivity (Wildman–Crippen MR) is 124 cm³/mol. The minimum atomic E-state index is -0.735. The number of benzene rings is 1. The number of ketones is 1. The van der Waals surface area contributed by atoms with Gasteiger partial charge in [-0.15, -0.1) is 0 Å². The van der Waals surface area contributed by atoms with Crippen molar-refractivity contribution in [2.24, 2.45) is 0 Å². The van der Waals surface area contributed by atoms with Gasteiger partial charge in [-0.05, 0) is 44.2 Å². The van der Waals surface area contributed by atoms with Gasteiger partial charge in [-0.1, -0.05) is 26.0 Å². The van der Waals surface area contributed by atoms with Gasteiger partial charge < -0.3 is 24.6 Å². The van der Waals surface area contributed by atoms with Crippen molar-refractivity contribution >= 4 is 17.8 Å². The smallest absolute Gasteiger partial charge is 0.342 e. The van der Waals surface area contributed by atoms with E-state index < -0.39 is 12.1 Å². The maximum absolute atomic E-state index is 13.1. The number of fused-ring (bicyclic) bond motifs is 1. The Labute approximate surface area is 191 Å². The third-order valence-electron chi connectivity index (χ3n) is 5.24. The van der Waals surface area contributed by atoms with Crippen LogP contribution in [-0.2, 0) is 9.53 Å². The lowest BCUT2D eigenvalue weighted by molar-refractivity contribution is -0.119. The van der Waals surface area contributed by atoms with Crippen molar-refractivity contribution in [3.63, 3.8) is 0 Å². The first-order valence-corrected chi connectivity index (χ1v) is 11.5. The lowest BCUT2D eigenvalue weighted by Crippen LogP contribution is -2.35. The number of aliphatic hydroxyl groups excluding tert-OH is 1. The number of aliphatic hydroxyl groups is 1. The number of cyclic esters (lactones) is 1. The van der Waals surface area contributed by atoms with E-state index in [-0.39, 0.29) is 24.5 Å². The highest BCUT2D eigenvalue weighted by Gasteiger charge is 2.23. The molecule has 2 atom stereocenters. The number of allylic oxidation sites excluding steroid dienone is 1. The van der Waals surface area contributed by atoms with E-state index in [9.17, 15) is 14.7 Å². The fourth-order valence-corrected chi connectivity index (χ4v) is 3.45. The van der Waals surface area contributed by atoms with Crippen molar-refractivity contribution < 1.29 is 28.9 Å². The Morgan fingerprint density at radius 3 is 2.69 bits per heavy atom. The van der Waals surface area contributed by atoms with Crippen LogP contribution in [0.5, 0.6) is 11.5 Å². The number of ether oxygens (including phenoxy) is 3. The zero-order valence-electron chi connectivity index (χ0n) is 19.7. The van der Waals surface area contributed by atoms with Gasteiger partial charge in [0, 0.05) is 31.5 Å². The Balaban J connectivity index is 2.33.